The molecule has 4 nitrogen and oxygen atoms in total. The molecule has 0 aliphatic carbocycles. The maximum absolute atomic E-state index is 11.6. The predicted octanol–water partition coefficient (Wildman–Crippen LogP) is 2.00. The highest BCUT2D eigenvalue weighted by Gasteiger charge is 2.10. The fraction of sp³-hybridized carbons (Fsp3) is 0.0833. The van der Waals surface area contributed by atoms with E-state index in [0.29, 0.717) is 5.75 Å². The molecular weight excluding hydrogens is 204 g/mol. The van der Waals surface area contributed by atoms with Crippen molar-refractivity contribution in [2.24, 2.45) is 0 Å². The molecule has 0 atom stereocenters. The van der Waals surface area contributed by atoms with E-state index in [4.69, 9.17) is 4.74 Å². The van der Waals surface area contributed by atoms with E-state index in [0.717, 1.165) is 5.56 Å². The Balaban J connectivity index is 2.12. The zero-order valence-corrected chi connectivity index (χ0v) is 8.75. The Hall–Kier alpha value is -2.23. The van der Waals surface area contributed by atoms with Crippen molar-refractivity contribution in [1.29, 1.82) is 0 Å². The van der Waals surface area contributed by atoms with Gasteiger partial charge in [-0.1, -0.05) is 18.2 Å². The number of aromatic nitrogens is 2. The second-order valence-corrected chi connectivity index (χ2v) is 3.29. The highest BCUT2D eigenvalue weighted by molar-refractivity contribution is 5.86. The molecule has 4 heteroatoms. The summed E-state index contributed by atoms with van der Waals surface area (Å²) in [6, 6.07) is 8.83. The van der Waals surface area contributed by atoms with Gasteiger partial charge in [-0.15, -0.1) is 0 Å². The molecule has 1 aromatic heterocycles. The van der Waals surface area contributed by atoms with Crippen LogP contribution in [-0.4, -0.2) is 15.9 Å². The average Bonchev–Trinajstić information content (AvgIpc) is 2.31. The van der Waals surface area contributed by atoms with Gasteiger partial charge in [-0.2, -0.15) is 0 Å². The molecular formula is C12H10N2O2. The van der Waals surface area contributed by atoms with E-state index < -0.39 is 5.97 Å². The molecule has 2 rings (SSSR count). The van der Waals surface area contributed by atoms with Crippen LogP contribution in [-0.2, 0) is 0 Å². The molecule has 0 amide bonds. The van der Waals surface area contributed by atoms with Crippen LogP contribution in [0.4, 0.5) is 0 Å². The number of carbonyl (C=O) groups is 1. The number of nitrogens with zero attached hydrogens (tertiary/aromatic N) is 2. The number of benzene rings is 1. The molecule has 0 saturated carbocycles. The van der Waals surface area contributed by atoms with Crippen LogP contribution in [0.2, 0.25) is 0 Å². The molecule has 0 spiro atoms. The van der Waals surface area contributed by atoms with Gasteiger partial charge in [0.05, 0.1) is 0 Å². The average molecular weight is 214 g/mol. The molecule has 0 radical (unpaired) electrons. The molecule has 0 aliphatic rings. The van der Waals surface area contributed by atoms with Gasteiger partial charge in [-0.25, -0.2) is 14.8 Å². The van der Waals surface area contributed by atoms with Crippen molar-refractivity contribution < 1.29 is 9.53 Å². The monoisotopic (exact) mass is 214 g/mol. The van der Waals surface area contributed by atoms with Crippen LogP contribution < -0.4 is 4.74 Å². The maximum Gasteiger partial charge on any atom is 0.381 e. The van der Waals surface area contributed by atoms with Crippen molar-refractivity contribution >= 4 is 5.97 Å². The third-order valence-corrected chi connectivity index (χ3v) is 1.92. The number of aryl methyl sites for hydroxylation is 1. The van der Waals surface area contributed by atoms with Gasteiger partial charge in [0, 0.05) is 12.4 Å². The molecule has 0 fully saturated rings. The Bertz CT molecular complexity index is 480. The van der Waals surface area contributed by atoms with Gasteiger partial charge in [0.2, 0.25) is 5.82 Å². The number of carbonyl (C=O) groups excluding carboxylic acids is 1. The topological polar surface area (TPSA) is 52.1 Å². The summed E-state index contributed by atoms with van der Waals surface area (Å²) >= 11 is 0. The normalized spacial score (nSPS) is 9.81. The highest BCUT2D eigenvalue weighted by Crippen LogP contribution is 2.09. The van der Waals surface area contributed by atoms with Crippen LogP contribution in [0.5, 0.6) is 5.75 Å². The molecule has 0 N–H and O–H groups in total. The lowest BCUT2D eigenvalue weighted by Gasteiger charge is -2.02. The quantitative estimate of drug-likeness (QED) is 0.566. The zero-order chi connectivity index (χ0) is 11.4. The van der Waals surface area contributed by atoms with Gasteiger partial charge in [0.1, 0.15) is 5.75 Å². The highest BCUT2D eigenvalue weighted by atomic mass is 16.5. The van der Waals surface area contributed by atoms with Gasteiger partial charge >= 0.3 is 5.97 Å². The smallest absolute Gasteiger partial charge is 0.381 e. The van der Waals surface area contributed by atoms with Crippen LogP contribution >= 0.6 is 0 Å². The van der Waals surface area contributed by atoms with Gasteiger partial charge < -0.3 is 4.74 Å². The molecule has 16 heavy (non-hydrogen) atoms. The Morgan fingerprint density at radius 3 is 2.38 bits per heavy atom. The molecule has 0 bridgehead atoms. The van der Waals surface area contributed by atoms with E-state index in [1.54, 1.807) is 36.7 Å². The van der Waals surface area contributed by atoms with Gasteiger partial charge in [0.25, 0.3) is 0 Å². The Morgan fingerprint density at radius 1 is 1.12 bits per heavy atom. The molecule has 0 aliphatic heterocycles. The van der Waals surface area contributed by atoms with Crippen LogP contribution in [0, 0.1) is 6.92 Å². The van der Waals surface area contributed by atoms with Crippen molar-refractivity contribution in [1.82, 2.24) is 9.97 Å². The van der Waals surface area contributed by atoms with E-state index >= 15 is 0 Å². The lowest BCUT2D eigenvalue weighted by Crippen LogP contribution is -2.12. The van der Waals surface area contributed by atoms with Crippen molar-refractivity contribution in [3.05, 3.63) is 54.1 Å². The minimum Gasteiger partial charge on any atom is -0.421 e. The van der Waals surface area contributed by atoms with E-state index in [9.17, 15) is 4.79 Å². The largest absolute Gasteiger partial charge is 0.421 e. The Labute approximate surface area is 92.9 Å². The third-order valence-electron chi connectivity index (χ3n) is 1.92. The first-order valence-electron chi connectivity index (χ1n) is 4.81. The number of hydrogen-bond acceptors (Lipinski definition) is 4. The van der Waals surface area contributed by atoms with Crippen LogP contribution in [0.15, 0.2) is 42.7 Å². The van der Waals surface area contributed by atoms with Gasteiger partial charge in [-0.05, 0) is 24.6 Å². The molecule has 80 valence electrons. The Kier molecular flexibility index (Phi) is 2.91. The standard InChI is InChI=1S/C12H10N2O2/c1-9-7-13-11(14-8-9)12(15)16-10-5-3-2-4-6-10/h2-8H,1H3. The maximum atomic E-state index is 11.6. The fourth-order valence-corrected chi connectivity index (χ4v) is 1.14. The van der Waals surface area contributed by atoms with Crippen LogP contribution in [0.3, 0.4) is 0 Å². The summed E-state index contributed by atoms with van der Waals surface area (Å²) < 4.78 is 5.08. The Morgan fingerprint density at radius 2 is 1.75 bits per heavy atom. The number of hydrogen-bond donors (Lipinski definition) is 0. The molecule has 1 aromatic carbocycles. The summed E-state index contributed by atoms with van der Waals surface area (Å²) in [6.45, 7) is 1.85. The first-order chi connectivity index (χ1) is 7.75. The predicted molar refractivity (Wildman–Crippen MR) is 58.2 cm³/mol. The third kappa shape index (κ3) is 2.42. The fourth-order valence-electron chi connectivity index (χ4n) is 1.14. The molecule has 0 unspecified atom stereocenters. The summed E-state index contributed by atoms with van der Waals surface area (Å²) in [7, 11) is 0. The van der Waals surface area contributed by atoms with Crippen molar-refractivity contribution in [3.63, 3.8) is 0 Å². The minimum absolute atomic E-state index is 0.0643. The summed E-state index contributed by atoms with van der Waals surface area (Å²) in [6.07, 6.45) is 3.16. The SMILES string of the molecule is Cc1cnc(C(=O)Oc2ccccc2)nc1. The molecule has 0 saturated heterocycles. The van der Waals surface area contributed by atoms with E-state index in [2.05, 4.69) is 9.97 Å². The van der Waals surface area contributed by atoms with E-state index in [1.165, 1.54) is 0 Å². The molecule has 1 heterocycles. The first-order valence-corrected chi connectivity index (χ1v) is 4.81. The van der Waals surface area contributed by atoms with Crippen LogP contribution in [0.25, 0.3) is 0 Å². The van der Waals surface area contributed by atoms with Gasteiger partial charge in [0.15, 0.2) is 0 Å². The second kappa shape index (κ2) is 4.53. The van der Waals surface area contributed by atoms with Crippen LogP contribution in [0.1, 0.15) is 16.2 Å². The number of ether oxygens (including phenoxy) is 1. The van der Waals surface area contributed by atoms with Gasteiger partial charge in [-0.3, -0.25) is 0 Å². The van der Waals surface area contributed by atoms with Crippen molar-refractivity contribution in [2.75, 3.05) is 0 Å². The number of rotatable bonds is 2. The minimum atomic E-state index is -0.550. The van der Waals surface area contributed by atoms with Crippen molar-refractivity contribution in [2.45, 2.75) is 6.92 Å². The zero-order valence-electron chi connectivity index (χ0n) is 8.75. The lowest BCUT2D eigenvalue weighted by atomic mass is 10.3. The van der Waals surface area contributed by atoms with Crippen molar-refractivity contribution in [3.8, 4) is 5.75 Å². The summed E-state index contributed by atoms with van der Waals surface area (Å²) in [5.74, 6) is -0.00247. The number of para-hydroxylation sites is 1. The number of esters is 1. The van der Waals surface area contributed by atoms with E-state index in [-0.39, 0.29) is 5.82 Å². The lowest BCUT2D eigenvalue weighted by molar-refractivity contribution is 0.0722. The summed E-state index contributed by atoms with van der Waals surface area (Å²) in [5.41, 5.74) is 0.899. The van der Waals surface area contributed by atoms with E-state index in [1.807, 2.05) is 13.0 Å². The molecule has 2 aromatic rings. The summed E-state index contributed by atoms with van der Waals surface area (Å²) in [5, 5.41) is 0. The second-order valence-electron chi connectivity index (χ2n) is 3.29. The summed E-state index contributed by atoms with van der Waals surface area (Å²) in [4.78, 5) is 19.4. The first kappa shape index (κ1) is 10.3.